The van der Waals surface area contributed by atoms with Crippen LogP contribution in [0.5, 0.6) is 11.9 Å². The highest BCUT2D eigenvalue weighted by atomic mass is 19.1. The highest BCUT2D eigenvalue weighted by Gasteiger charge is 2.50. The standard InChI is InChI=1S/C32H31F3N6O2/c33-17-12-32(10-3-11-40(32)13-17)16-43-31-38-28-25-29(39-31)41-14-18-6-9-23(36-18)24(41)15-42-30(25)37-27(26(28)35)21-7-8-22(34)20-5-2-1-4-19(20)21/h1-2,4-5,7-8,17-18,23-24,36H,3,6,9-16H2/t17-,18-,23+,24-,32+/m1/s1. The second-order valence-corrected chi connectivity index (χ2v) is 12.7. The molecule has 0 radical (unpaired) electrons. The average molecular weight is 589 g/mol. The molecule has 0 saturated carbocycles. The van der Waals surface area contributed by atoms with Gasteiger partial charge >= 0.3 is 6.01 Å². The maximum Gasteiger partial charge on any atom is 0.319 e. The molecule has 2 aromatic heterocycles. The molecule has 8 nitrogen and oxygen atoms in total. The number of fused-ring (bicyclic) bond motifs is 7. The Morgan fingerprint density at radius 2 is 1.93 bits per heavy atom. The molecule has 0 unspecified atom stereocenters. The Kier molecular flexibility index (Phi) is 5.63. The molecule has 9 rings (SSSR count). The maximum atomic E-state index is 16.8. The minimum atomic E-state index is -0.889. The van der Waals surface area contributed by atoms with Gasteiger partial charge in [-0.15, -0.1) is 0 Å². The lowest BCUT2D eigenvalue weighted by atomic mass is 9.95. The fraction of sp³-hybridized carbons (Fsp3) is 0.469. The zero-order valence-corrected chi connectivity index (χ0v) is 23.5. The molecule has 5 aliphatic heterocycles. The van der Waals surface area contributed by atoms with Crippen LogP contribution in [0.25, 0.3) is 32.9 Å². The van der Waals surface area contributed by atoms with Crippen molar-refractivity contribution >= 4 is 27.5 Å². The van der Waals surface area contributed by atoms with Gasteiger partial charge in [-0.25, -0.2) is 18.2 Å². The van der Waals surface area contributed by atoms with Gasteiger partial charge in [0.15, 0.2) is 5.82 Å². The van der Waals surface area contributed by atoms with Crippen LogP contribution in [0.3, 0.4) is 0 Å². The van der Waals surface area contributed by atoms with Crippen molar-refractivity contribution in [2.75, 3.05) is 37.7 Å². The molecule has 7 heterocycles. The zero-order valence-electron chi connectivity index (χ0n) is 23.5. The van der Waals surface area contributed by atoms with Crippen molar-refractivity contribution in [3.05, 3.63) is 48.0 Å². The van der Waals surface area contributed by atoms with Gasteiger partial charge in [0.25, 0.3) is 0 Å². The van der Waals surface area contributed by atoms with E-state index in [4.69, 9.17) is 19.4 Å². The van der Waals surface area contributed by atoms with Gasteiger partial charge in [0.05, 0.1) is 11.6 Å². The summed E-state index contributed by atoms with van der Waals surface area (Å²) in [6, 6.07) is 10.4. The monoisotopic (exact) mass is 588 g/mol. The fourth-order valence-corrected chi connectivity index (χ4v) is 8.28. The third-order valence-corrected chi connectivity index (χ3v) is 10.3. The highest BCUT2D eigenvalue weighted by molar-refractivity contribution is 6.01. The molecule has 4 fully saturated rings. The lowest BCUT2D eigenvalue weighted by molar-refractivity contribution is 0.107. The Bertz CT molecular complexity index is 1790. The van der Waals surface area contributed by atoms with Crippen LogP contribution in [0.15, 0.2) is 36.4 Å². The number of anilines is 1. The van der Waals surface area contributed by atoms with Gasteiger partial charge in [-0.3, -0.25) is 4.90 Å². The summed E-state index contributed by atoms with van der Waals surface area (Å²) in [6.07, 6.45) is 3.42. The summed E-state index contributed by atoms with van der Waals surface area (Å²) in [5, 5.41) is 5.02. The van der Waals surface area contributed by atoms with Crippen molar-refractivity contribution in [1.82, 2.24) is 25.2 Å². The minimum Gasteiger partial charge on any atom is -0.475 e. The summed E-state index contributed by atoms with van der Waals surface area (Å²) in [5.74, 6) is -0.233. The Labute approximate surface area is 246 Å². The van der Waals surface area contributed by atoms with E-state index in [-0.39, 0.29) is 41.8 Å². The van der Waals surface area contributed by atoms with Gasteiger partial charge in [0.1, 0.15) is 47.6 Å². The first-order valence-electron chi connectivity index (χ1n) is 15.2. The van der Waals surface area contributed by atoms with E-state index in [1.807, 2.05) is 0 Å². The van der Waals surface area contributed by atoms with Crippen molar-refractivity contribution in [3.8, 4) is 23.1 Å². The number of rotatable bonds is 4. The number of pyridine rings is 1. The number of alkyl halides is 1. The highest BCUT2D eigenvalue weighted by Crippen LogP contribution is 2.45. The van der Waals surface area contributed by atoms with Crippen molar-refractivity contribution in [2.45, 2.75) is 61.9 Å². The fourth-order valence-electron chi connectivity index (χ4n) is 8.28. The molecular formula is C32H31F3N6O2. The van der Waals surface area contributed by atoms with E-state index in [0.717, 1.165) is 32.2 Å². The van der Waals surface area contributed by atoms with Gasteiger partial charge in [-0.05, 0) is 49.7 Å². The molecule has 2 bridgehead atoms. The van der Waals surface area contributed by atoms with Crippen LogP contribution < -0.4 is 19.7 Å². The van der Waals surface area contributed by atoms with Crippen molar-refractivity contribution in [2.24, 2.45) is 0 Å². The first kappa shape index (κ1) is 25.8. The van der Waals surface area contributed by atoms with Crippen molar-refractivity contribution in [1.29, 1.82) is 0 Å². The Hall–Kier alpha value is -3.70. The largest absolute Gasteiger partial charge is 0.475 e. The van der Waals surface area contributed by atoms with E-state index in [9.17, 15) is 8.78 Å². The summed E-state index contributed by atoms with van der Waals surface area (Å²) in [6.45, 7) is 2.54. The third kappa shape index (κ3) is 3.86. The zero-order chi connectivity index (χ0) is 28.9. The smallest absolute Gasteiger partial charge is 0.319 e. The first-order valence-corrected chi connectivity index (χ1v) is 15.2. The van der Waals surface area contributed by atoms with Gasteiger partial charge in [0.2, 0.25) is 5.88 Å². The molecule has 0 amide bonds. The average Bonchev–Trinajstić information content (AvgIpc) is 3.65. The summed E-state index contributed by atoms with van der Waals surface area (Å²) in [5.41, 5.74) is 0.133. The van der Waals surface area contributed by atoms with E-state index in [1.54, 1.807) is 30.3 Å². The predicted molar refractivity (Wildman–Crippen MR) is 155 cm³/mol. The molecule has 5 aliphatic rings. The summed E-state index contributed by atoms with van der Waals surface area (Å²) < 4.78 is 58.6. The number of benzene rings is 2. The van der Waals surface area contributed by atoms with E-state index in [1.165, 1.54) is 6.07 Å². The molecule has 4 aromatic rings. The first-order chi connectivity index (χ1) is 21.0. The molecule has 11 heteroatoms. The Balaban J connectivity index is 1.22. The maximum absolute atomic E-state index is 16.8. The molecular weight excluding hydrogens is 557 g/mol. The Morgan fingerprint density at radius 1 is 1.05 bits per heavy atom. The number of piperazine rings is 1. The van der Waals surface area contributed by atoms with Crippen LogP contribution in [0.4, 0.5) is 19.0 Å². The van der Waals surface area contributed by atoms with Crippen LogP contribution in [0.2, 0.25) is 0 Å². The number of halogens is 3. The van der Waals surface area contributed by atoms with E-state index in [2.05, 4.69) is 20.1 Å². The van der Waals surface area contributed by atoms with Crippen LogP contribution in [-0.4, -0.2) is 82.5 Å². The molecule has 43 heavy (non-hydrogen) atoms. The molecule has 2 aromatic carbocycles. The Morgan fingerprint density at radius 3 is 2.84 bits per heavy atom. The quantitative estimate of drug-likeness (QED) is 0.365. The molecule has 1 N–H and O–H groups in total. The summed E-state index contributed by atoms with van der Waals surface area (Å²) in [4.78, 5) is 18.6. The van der Waals surface area contributed by atoms with Gasteiger partial charge in [0, 0.05) is 42.5 Å². The van der Waals surface area contributed by atoms with E-state index < -0.39 is 23.3 Å². The summed E-state index contributed by atoms with van der Waals surface area (Å²) in [7, 11) is 0. The number of nitrogens with one attached hydrogen (secondary N) is 1. The molecule has 222 valence electrons. The second kappa shape index (κ2) is 9.40. The normalized spacial score (nSPS) is 29.5. The van der Waals surface area contributed by atoms with Crippen molar-refractivity contribution < 1.29 is 22.6 Å². The van der Waals surface area contributed by atoms with Crippen molar-refractivity contribution in [3.63, 3.8) is 0 Å². The van der Waals surface area contributed by atoms with Gasteiger partial charge < -0.3 is 19.7 Å². The van der Waals surface area contributed by atoms with E-state index >= 15 is 4.39 Å². The van der Waals surface area contributed by atoms with E-state index in [0.29, 0.717) is 59.7 Å². The molecule has 0 aliphatic carbocycles. The SMILES string of the molecule is Fc1ccc(-c2nc3c4c(nc(OC[C@@]56CCCN5C[C@H](F)C6)nc4c2F)N2C[C@H]4CC[C@H](N4)[C@H]2CO3)c2ccccc12. The lowest BCUT2D eigenvalue weighted by Crippen LogP contribution is -2.60. The van der Waals surface area contributed by atoms with Crippen LogP contribution in [-0.2, 0) is 0 Å². The lowest BCUT2D eigenvalue weighted by Gasteiger charge is -2.40. The second-order valence-electron chi connectivity index (χ2n) is 12.7. The molecule has 0 spiro atoms. The van der Waals surface area contributed by atoms with Crippen LogP contribution in [0, 0.1) is 11.6 Å². The number of ether oxygens (including phenoxy) is 2. The molecule has 4 saturated heterocycles. The minimum absolute atomic E-state index is 0.0249. The summed E-state index contributed by atoms with van der Waals surface area (Å²) >= 11 is 0. The van der Waals surface area contributed by atoms with Crippen LogP contribution >= 0.6 is 0 Å². The number of hydrogen-bond acceptors (Lipinski definition) is 8. The topological polar surface area (TPSA) is 75.6 Å². The van der Waals surface area contributed by atoms with Gasteiger partial charge in [-0.1, -0.05) is 24.3 Å². The predicted octanol–water partition coefficient (Wildman–Crippen LogP) is 4.78. The third-order valence-electron chi connectivity index (χ3n) is 10.3. The number of hydrogen-bond donors (Lipinski definition) is 1. The number of nitrogens with zero attached hydrogens (tertiary/aromatic N) is 5. The molecule has 5 atom stereocenters. The van der Waals surface area contributed by atoms with Gasteiger partial charge in [-0.2, -0.15) is 9.97 Å². The van der Waals surface area contributed by atoms with Crippen LogP contribution in [0.1, 0.15) is 32.1 Å². The number of aromatic nitrogens is 3.